The number of carbonyl (C=O) groups is 1. The molecule has 3 rings (SSSR count). The van der Waals surface area contributed by atoms with Crippen LogP contribution in [0.5, 0.6) is 0 Å². The molecule has 114 valence electrons. The number of pyridine rings is 1. The number of hydrogen-bond acceptors (Lipinski definition) is 5. The molecule has 1 aromatic carbocycles. The predicted molar refractivity (Wildman–Crippen MR) is 86.0 cm³/mol. The van der Waals surface area contributed by atoms with E-state index in [0.717, 1.165) is 5.56 Å². The Balaban J connectivity index is 1.72. The molecular weight excluding hydrogens is 294 g/mol. The van der Waals surface area contributed by atoms with Crippen LogP contribution in [0.4, 0.5) is 0 Å². The highest BCUT2D eigenvalue weighted by Gasteiger charge is 2.09. The Kier molecular flexibility index (Phi) is 4.19. The number of aromatic nitrogens is 3. The zero-order valence-corrected chi connectivity index (χ0v) is 12.1. The molecule has 0 aliphatic carbocycles. The maximum Gasteiger partial charge on any atom is 0.272 e. The fourth-order valence-corrected chi connectivity index (χ4v) is 2.13. The topological polar surface area (TPSA) is 100 Å². The van der Waals surface area contributed by atoms with Crippen LogP contribution >= 0.6 is 0 Å². The maximum atomic E-state index is 12.0. The van der Waals surface area contributed by atoms with Gasteiger partial charge in [0.2, 0.25) is 5.91 Å². The monoisotopic (exact) mass is 307 g/mol. The van der Waals surface area contributed by atoms with E-state index in [1.54, 1.807) is 42.7 Å². The summed E-state index contributed by atoms with van der Waals surface area (Å²) in [5.41, 5.74) is 3.42. The van der Waals surface area contributed by atoms with Crippen molar-refractivity contribution in [3.05, 3.63) is 70.4 Å². The molecule has 2 N–H and O–H groups in total. The lowest BCUT2D eigenvalue weighted by Crippen LogP contribution is -2.22. The van der Waals surface area contributed by atoms with Crippen LogP contribution in [0.1, 0.15) is 11.3 Å². The number of amides is 1. The van der Waals surface area contributed by atoms with Crippen LogP contribution in [0.3, 0.4) is 0 Å². The molecule has 0 aliphatic heterocycles. The minimum atomic E-state index is -0.324. The number of nitrogens with zero attached hydrogens (tertiary/aromatic N) is 3. The Morgan fingerprint density at radius 3 is 2.83 bits per heavy atom. The standard InChI is InChI=1S/C16H13N5O2/c22-15(20-18-10-11-4-3-7-17-9-11)8-14-12-5-1-2-6-13(12)16(23)21-19-14/h1-7,9-10H,8H2,(H,20,22)(H,21,23). The normalized spacial score (nSPS) is 11.0. The van der Waals surface area contributed by atoms with E-state index in [1.807, 2.05) is 6.07 Å². The molecule has 2 aromatic heterocycles. The number of fused-ring (bicyclic) bond motifs is 1. The first-order chi connectivity index (χ1) is 11.2. The molecule has 0 bridgehead atoms. The Bertz CT molecular complexity index is 918. The fraction of sp³-hybridized carbons (Fsp3) is 0.0625. The van der Waals surface area contributed by atoms with E-state index in [-0.39, 0.29) is 17.9 Å². The Morgan fingerprint density at radius 1 is 1.22 bits per heavy atom. The van der Waals surface area contributed by atoms with Crippen LogP contribution in [0.25, 0.3) is 10.8 Å². The first-order valence-electron chi connectivity index (χ1n) is 6.92. The zero-order valence-electron chi connectivity index (χ0n) is 12.1. The summed E-state index contributed by atoms with van der Waals surface area (Å²) in [5, 5.41) is 11.4. The van der Waals surface area contributed by atoms with Crippen LogP contribution in [0, 0.1) is 0 Å². The molecule has 0 spiro atoms. The average molecular weight is 307 g/mol. The van der Waals surface area contributed by atoms with Gasteiger partial charge in [-0.3, -0.25) is 14.6 Å². The van der Waals surface area contributed by atoms with Gasteiger partial charge in [-0.05, 0) is 12.1 Å². The molecule has 0 saturated heterocycles. The first kappa shape index (κ1) is 14.6. The molecule has 0 radical (unpaired) electrons. The third-order valence-electron chi connectivity index (χ3n) is 3.19. The molecule has 1 amide bonds. The average Bonchev–Trinajstić information content (AvgIpc) is 2.59. The highest BCUT2D eigenvalue weighted by Crippen LogP contribution is 2.12. The summed E-state index contributed by atoms with van der Waals surface area (Å²) in [6, 6.07) is 10.6. The number of H-pyrrole nitrogens is 1. The van der Waals surface area contributed by atoms with Gasteiger partial charge in [-0.2, -0.15) is 10.2 Å². The smallest absolute Gasteiger partial charge is 0.272 e. The summed E-state index contributed by atoms with van der Waals surface area (Å²) in [5.74, 6) is -0.324. The molecule has 0 unspecified atom stereocenters. The molecule has 7 heteroatoms. The molecule has 3 aromatic rings. The third kappa shape index (κ3) is 3.46. The van der Waals surface area contributed by atoms with Crippen molar-refractivity contribution in [2.24, 2.45) is 5.10 Å². The Hall–Kier alpha value is -3.35. The first-order valence-corrected chi connectivity index (χ1v) is 6.92. The van der Waals surface area contributed by atoms with E-state index in [4.69, 9.17) is 0 Å². The second kappa shape index (κ2) is 6.61. The van der Waals surface area contributed by atoms with Gasteiger partial charge in [0.1, 0.15) is 0 Å². The molecule has 2 heterocycles. The van der Waals surface area contributed by atoms with E-state index < -0.39 is 0 Å². The second-order valence-electron chi connectivity index (χ2n) is 4.80. The maximum absolute atomic E-state index is 12.0. The van der Waals surface area contributed by atoms with Crippen molar-refractivity contribution in [2.45, 2.75) is 6.42 Å². The predicted octanol–water partition coefficient (Wildman–Crippen LogP) is 1.01. The van der Waals surface area contributed by atoms with Gasteiger partial charge in [-0.25, -0.2) is 10.5 Å². The van der Waals surface area contributed by atoms with Crippen LogP contribution in [-0.4, -0.2) is 27.3 Å². The van der Waals surface area contributed by atoms with Gasteiger partial charge in [-0.15, -0.1) is 0 Å². The molecule has 0 aliphatic rings. The highest BCUT2D eigenvalue weighted by molar-refractivity contribution is 5.88. The second-order valence-corrected chi connectivity index (χ2v) is 4.80. The van der Waals surface area contributed by atoms with Gasteiger partial charge in [0.05, 0.1) is 23.7 Å². The fourth-order valence-electron chi connectivity index (χ4n) is 2.13. The van der Waals surface area contributed by atoms with Gasteiger partial charge in [0.15, 0.2) is 0 Å². The van der Waals surface area contributed by atoms with Gasteiger partial charge >= 0.3 is 0 Å². The van der Waals surface area contributed by atoms with E-state index in [0.29, 0.717) is 16.5 Å². The van der Waals surface area contributed by atoms with Crippen molar-refractivity contribution in [3.63, 3.8) is 0 Å². The largest absolute Gasteiger partial charge is 0.273 e. The van der Waals surface area contributed by atoms with Crippen molar-refractivity contribution in [2.75, 3.05) is 0 Å². The van der Waals surface area contributed by atoms with E-state index >= 15 is 0 Å². The minimum absolute atomic E-state index is 0.0155. The van der Waals surface area contributed by atoms with E-state index in [1.165, 1.54) is 6.21 Å². The number of aromatic amines is 1. The van der Waals surface area contributed by atoms with Gasteiger partial charge < -0.3 is 0 Å². The minimum Gasteiger partial charge on any atom is -0.273 e. The van der Waals surface area contributed by atoms with Gasteiger partial charge in [0.25, 0.3) is 5.56 Å². The van der Waals surface area contributed by atoms with E-state index in [2.05, 4.69) is 25.7 Å². The van der Waals surface area contributed by atoms with Crippen LogP contribution in [-0.2, 0) is 11.2 Å². The number of hydrazone groups is 1. The SMILES string of the molecule is O=C(Cc1n[nH]c(=O)c2ccccc12)NN=Cc1cccnc1. The van der Waals surface area contributed by atoms with E-state index in [9.17, 15) is 9.59 Å². The molecule has 0 atom stereocenters. The number of rotatable bonds is 4. The number of carbonyl (C=O) groups excluding carboxylic acids is 1. The van der Waals surface area contributed by atoms with Crippen LogP contribution < -0.4 is 11.0 Å². The van der Waals surface area contributed by atoms with Crippen molar-refractivity contribution >= 4 is 22.9 Å². The highest BCUT2D eigenvalue weighted by atomic mass is 16.2. The Morgan fingerprint density at radius 2 is 2.04 bits per heavy atom. The van der Waals surface area contributed by atoms with Gasteiger partial charge in [-0.1, -0.05) is 24.3 Å². The van der Waals surface area contributed by atoms with Crippen LogP contribution in [0.15, 0.2) is 58.7 Å². The third-order valence-corrected chi connectivity index (χ3v) is 3.19. The summed E-state index contributed by atoms with van der Waals surface area (Å²) in [6.07, 6.45) is 4.81. The summed E-state index contributed by atoms with van der Waals surface area (Å²) >= 11 is 0. The molecule has 7 nitrogen and oxygen atoms in total. The number of benzene rings is 1. The van der Waals surface area contributed by atoms with Crippen molar-refractivity contribution < 1.29 is 4.79 Å². The molecular formula is C16H13N5O2. The Labute approximate surface area is 131 Å². The molecule has 0 fully saturated rings. The number of nitrogens with one attached hydrogen (secondary N) is 2. The lowest BCUT2D eigenvalue weighted by atomic mass is 10.1. The van der Waals surface area contributed by atoms with Crippen molar-refractivity contribution in [1.29, 1.82) is 0 Å². The van der Waals surface area contributed by atoms with Gasteiger partial charge in [0, 0.05) is 23.3 Å². The summed E-state index contributed by atoms with van der Waals surface area (Å²) < 4.78 is 0. The quantitative estimate of drug-likeness (QED) is 0.555. The number of hydrogen-bond donors (Lipinski definition) is 2. The lowest BCUT2D eigenvalue weighted by Gasteiger charge is -2.03. The summed E-state index contributed by atoms with van der Waals surface area (Å²) in [7, 11) is 0. The van der Waals surface area contributed by atoms with Crippen molar-refractivity contribution in [1.82, 2.24) is 20.6 Å². The zero-order chi connectivity index (χ0) is 16.1. The van der Waals surface area contributed by atoms with Crippen molar-refractivity contribution in [3.8, 4) is 0 Å². The summed E-state index contributed by atoms with van der Waals surface area (Å²) in [6.45, 7) is 0. The van der Waals surface area contributed by atoms with Crippen LogP contribution in [0.2, 0.25) is 0 Å². The molecule has 0 saturated carbocycles. The lowest BCUT2D eigenvalue weighted by molar-refractivity contribution is -0.120. The summed E-state index contributed by atoms with van der Waals surface area (Å²) in [4.78, 5) is 27.6. The molecule has 23 heavy (non-hydrogen) atoms.